The molecule has 1 rings (SSSR count). The molecule has 0 bridgehead atoms. The number of allylic oxidation sites excluding steroid dienone is 4. The fourth-order valence-electron chi connectivity index (χ4n) is 1.92. The normalized spacial score (nSPS) is 25.9. The van der Waals surface area contributed by atoms with Crippen LogP contribution < -0.4 is 0 Å². The zero-order chi connectivity index (χ0) is 11.4. The lowest BCUT2D eigenvalue weighted by Crippen LogP contribution is -2.25. The molecular formula is C13H20O2. The first-order valence-corrected chi connectivity index (χ1v) is 5.46. The Kier molecular flexibility index (Phi) is 4.13. The quantitative estimate of drug-likeness (QED) is 0.666. The highest BCUT2D eigenvalue weighted by atomic mass is 16.5. The van der Waals surface area contributed by atoms with E-state index in [1.165, 1.54) is 5.57 Å². The average molecular weight is 208 g/mol. The SMILES string of the molecule is COC1=CC(=O)C(CC=C(C)C)C(C)C1. The fraction of sp³-hybridized carbons (Fsp3) is 0.615. The van der Waals surface area contributed by atoms with Crippen LogP contribution in [-0.2, 0) is 9.53 Å². The van der Waals surface area contributed by atoms with E-state index >= 15 is 0 Å². The van der Waals surface area contributed by atoms with E-state index in [4.69, 9.17) is 4.74 Å². The van der Waals surface area contributed by atoms with Gasteiger partial charge in [-0.3, -0.25) is 4.79 Å². The summed E-state index contributed by atoms with van der Waals surface area (Å²) in [6, 6.07) is 0. The summed E-state index contributed by atoms with van der Waals surface area (Å²) in [5, 5.41) is 0. The van der Waals surface area contributed by atoms with Crippen LogP contribution in [0.1, 0.15) is 33.6 Å². The van der Waals surface area contributed by atoms with Crippen molar-refractivity contribution in [2.75, 3.05) is 7.11 Å². The summed E-state index contributed by atoms with van der Waals surface area (Å²) in [7, 11) is 1.63. The van der Waals surface area contributed by atoms with E-state index in [1.807, 2.05) is 0 Å². The van der Waals surface area contributed by atoms with E-state index in [1.54, 1.807) is 13.2 Å². The minimum absolute atomic E-state index is 0.138. The monoisotopic (exact) mass is 208 g/mol. The summed E-state index contributed by atoms with van der Waals surface area (Å²) in [6.45, 7) is 6.25. The van der Waals surface area contributed by atoms with E-state index in [-0.39, 0.29) is 11.7 Å². The molecule has 15 heavy (non-hydrogen) atoms. The van der Waals surface area contributed by atoms with Gasteiger partial charge in [-0.05, 0) is 26.2 Å². The van der Waals surface area contributed by atoms with Gasteiger partial charge >= 0.3 is 0 Å². The predicted octanol–water partition coefficient (Wildman–Crippen LogP) is 3.10. The van der Waals surface area contributed by atoms with Crippen molar-refractivity contribution in [3.05, 3.63) is 23.5 Å². The van der Waals surface area contributed by atoms with Crippen molar-refractivity contribution < 1.29 is 9.53 Å². The summed E-state index contributed by atoms with van der Waals surface area (Å²) < 4.78 is 5.13. The maximum absolute atomic E-state index is 11.8. The molecule has 0 saturated heterocycles. The molecule has 0 N–H and O–H groups in total. The van der Waals surface area contributed by atoms with Crippen molar-refractivity contribution in [3.63, 3.8) is 0 Å². The lowest BCUT2D eigenvalue weighted by molar-refractivity contribution is -0.120. The number of rotatable bonds is 3. The molecule has 0 spiro atoms. The van der Waals surface area contributed by atoms with Gasteiger partial charge in [0.15, 0.2) is 5.78 Å². The number of hydrogen-bond acceptors (Lipinski definition) is 2. The van der Waals surface area contributed by atoms with Gasteiger partial charge in [-0.1, -0.05) is 18.6 Å². The maximum Gasteiger partial charge on any atom is 0.162 e. The maximum atomic E-state index is 11.8. The van der Waals surface area contributed by atoms with Crippen LogP contribution in [0.5, 0.6) is 0 Å². The molecule has 84 valence electrons. The first kappa shape index (κ1) is 12.0. The molecule has 0 aromatic carbocycles. The number of ether oxygens (including phenoxy) is 1. The number of ketones is 1. The van der Waals surface area contributed by atoms with E-state index in [0.29, 0.717) is 5.92 Å². The molecule has 2 nitrogen and oxygen atoms in total. The Morgan fingerprint density at radius 2 is 2.27 bits per heavy atom. The zero-order valence-electron chi connectivity index (χ0n) is 10.0. The Hall–Kier alpha value is -1.05. The van der Waals surface area contributed by atoms with Gasteiger partial charge in [-0.25, -0.2) is 0 Å². The molecule has 0 fully saturated rings. The van der Waals surface area contributed by atoms with Gasteiger partial charge in [0.25, 0.3) is 0 Å². The first-order chi connectivity index (χ1) is 7.04. The highest BCUT2D eigenvalue weighted by molar-refractivity contribution is 5.93. The van der Waals surface area contributed by atoms with Crippen LogP contribution in [0.2, 0.25) is 0 Å². The molecule has 2 heteroatoms. The Morgan fingerprint density at radius 1 is 1.60 bits per heavy atom. The van der Waals surface area contributed by atoms with Crippen LogP contribution in [0.3, 0.4) is 0 Å². The molecule has 1 aliphatic rings. The van der Waals surface area contributed by atoms with Crippen LogP contribution in [0, 0.1) is 11.8 Å². The van der Waals surface area contributed by atoms with Gasteiger partial charge in [0.2, 0.25) is 0 Å². The summed E-state index contributed by atoms with van der Waals surface area (Å²) >= 11 is 0. The van der Waals surface area contributed by atoms with Gasteiger partial charge < -0.3 is 4.74 Å². The van der Waals surface area contributed by atoms with E-state index in [9.17, 15) is 4.79 Å². The van der Waals surface area contributed by atoms with Crippen LogP contribution in [0.15, 0.2) is 23.5 Å². The minimum Gasteiger partial charge on any atom is -0.501 e. The third-order valence-corrected chi connectivity index (χ3v) is 2.92. The van der Waals surface area contributed by atoms with Crippen molar-refractivity contribution in [1.82, 2.24) is 0 Å². The van der Waals surface area contributed by atoms with Crippen molar-refractivity contribution >= 4 is 5.78 Å². The molecule has 0 aliphatic heterocycles. The highest BCUT2D eigenvalue weighted by Gasteiger charge is 2.28. The standard InChI is InChI=1S/C13H20O2/c1-9(2)5-6-12-10(3)7-11(15-4)8-13(12)14/h5,8,10,12H,6-7H2,1-4H3. The van der Waals surface area contributed by atoms with Gasteiger partial charge in [0, 0.05) is 18.4 Å². The van der Waals surface area contributed by atoms with E-state index in [0.717, 1.165) is 18.6 Å². The minimum atomic E-state index is 0.138. The van der Waals surface area contributed by atoms with Gasteiger partial charge in [-0.15, -0.1) is 0 Å². The van der Waals surface area contributed by atoms with Crippen molar-refractivity contribution in [3.8, 4) is 0 Å². The molecular weight excluding hydrogens is 188 g/mol. The molecule has 0 aromatic rings. The fourth-order valence-corrected chi connectivity index (χ4v) is 1.92. The average Bonchev–Trinajstić information content (AvgIpc) is 2.15. The Balaban J connectivity index is 2.71. The topological polar surface area (TPSA) is 26.3 Å². The highest BCUT2D eigenvalue weighted by Crippen LogP contribution is 2.30. The number of carbonyl (C=O) groups excluding carboxylic acids is 1. The smallest absolute Gasteiger partial charge is 0.162 e. The number of methoxy groups -OCH3 is 1. The molecule has 0 heterocycles. The second-order valence-electron chi connectivity index (χ2n) is 4.52. The molecule has 0 amide bonds. The van der Waals surface area contributed by atoms with Crippen molar-refractivity contribution in [2.45, 2.75) is 33.6 Å². The molecule has 0 radical (unpaired) electrons. The summed E-state index contributed by atoms with van der Waals surface area (Å²) in [4.78, 5) is 11.8. The van der Waals surface area contributed by atoms with Gasteiger partial charge in [-0.2, -0.15) is 0 Å². The van der Waals surface area contributed by atoms with Gasteiger partial charge in [0.1, 0.15) is 0 Å². The molecule has 1 aliphatic carbocycles. The lowest BCUT2D eigenvalue weighted by atomic mass is 9.80. The number of carbonyl (C=O) groups is 1. The summed E-state index contributed by atoms with van der Waals surface area (Å²) in [5.74, 6) is 1.55. The van der Waals surface area contributed by atoms with E-state index in [2.05, 4.69) is 26.8 Å². The zero-order valence-corrected chi connectivity index (χ0v) is 10.0. The lowest BCUT2D eigenvalue weighted by Gasteiger charge is -2.25. The molecule has 0 saturated carbocycles. The van der Waals surface area contributed by atoms with Crippen LogP contribution in [-0.4, -0.2) is 12.9 Å². The molecule has 2 unspecified atom stereocenters. The van der Waals surface area contributed by atoms with Crippen LogP contribution >= 0.6 is 0 Å². The largest absolute Gasteiger partial charge is 0.501 e. The predicted molar refractivity (Wildman–Crippen MR) is 61.4 cm³/mol. The second-order valence-corrected chi connectivity index (χ2v) is 4.52. The van der Waals surface area contributed by atoms with Crippen LogP contribution in [0.4, 0.5) is 0 Å². The van der Waals surface area contributed by atoms with Crippen molar-refractivity contribution in [2.24, 2.45) is 11.8 Å². The Labute approximate surface area is 92.0 Å². The molecule has 2 atom stereocenters. The molecule has 0 aromatic heterocycles. The Morgan fingerprint density at radius 3 is 2.73 bits per heavy atom. The number of hydrogen-bond donors (Lipinski definition) is 0. The van der Waals surface area contributed by atoms with E-state index < -0.39 is 0 Å². The van der Waals surface area contributed by atoms with Crippen LogP contribution in [0.25, 0.3) is 0 Å². The Bertz CT molecular complexity index is 296. The van der Waals surface area contributed by atoms with Crippen molar-refractivity contribution in [1.29, 1.82) is 0 Å². The third kappa shape index (κ3) is 3.22. The second kappa shape index (κ2) is 5.15. The van der Waals surface area contributed by atoms with Gasteiger partial charge in [0.05, 0.1) is 12.9 Å². The summed E-state index contributed by atoms with van der Waals surface area (Å²) in [5.41, 5.74) is 1.27. The summed E-state index contributed by atoms with van der Waals surface area (Å²) in [6.07, 6.45) is 5.54. The third-order valence-electron chi connectivity index (χ3n) is 2.92. The first-order valence-electron chi connectivity index (χ1n) is 5.46.